The standard InChI is InChI=1S/C19H27NO5S2/c1-4-24-19(23)18-13(3)20-12(2)17(18)15(21)11-25-16(22)8-6-5-7-14-9-10-26-27-14/h14,20H,4-11H2,1-3H3/t14-/m0/s1. The summed E-state index contributed by atoms with van der Waals surface area (Å²) in [5.74, 6) is -0.102. The lowest BCUT2D eigenvalue weighted by Crippen LogP contribution is -2.18. The third-order valence-electron chi connectivity index (χ3n) is 4.38. The summed E-state index contributed by atoms with van der Waals surface area (Å²) in [5, 5.41) is 0.703. The average molecular weight is 414 g/mol. The molecule has 1 N–H and O–H groups in total. The lowest BCUT2D eigenvalue weighted by atomic mass is 10.1. The number of ketones is 1. The third kappa shape index (κ3) is 6.31. The highest BCUT2D eigenvalue weighted by Gasteiger charge is 2.26. The van der Waals surface area contributed by atoms with Crippen molar-refractivity contribution in [2.24, 2.45) is 0 Å². The van der Waals surface area contributed by atoms with Crippen molar-refractivity contribution >= 4 is 39.3 Å². The summed E-state index contributed by atoms with van der Waals surface area (Å²) in [4.78, 5) is 39.5. The molecule has 0 unspecified atom stereocenters. The van der Waals surface area contributed by atoms with Crippen LogP contribution in [0.25, 0.3) is 0 Å². The first-order valence-electron chi connectivity index (χ1n) is 9.27. The van der Waals surface area contributed by atoms with Gasteiger partial charge in [-0.3, -0.25) is 9.59 Å². The highest BCUT2D eigenvalue weighted by molar-refractivity contribution is 8.77. The number of rotatable bonds is 10. The number of Topliss-reactive ketones (excluding diaryl/α,β-unsaturated/α-hetero) is 1. The molecule has 1 aromatic heterocycles. The summed E-state index contributed by atoms with van der Waals surface area (Å²) in [7, 11) is 3.86. The number of carbonyl (C=O) groups is 3. The van der Waals surface area contributed by atoms with Crippen LogP contribution in [0.15, 0.2) is 0 Å². The van der Waals surface area contributed by atoms with Crippen molar-refractivity contribution in [3.05, 3.63) is 22.5 Å². The van der Waals surface area contributed by atoms with Crippen molar-refractivity contribution in [1.29, 1.82) is 0 Å². The maximum atomic E-state index is 12.5. The predicted octanol–water partition coefficient (Wildman–Crippen LogP) is 4.25. The Balaban J connectivity index is 1.81. The number of hydrogen-bond donors (Lipinski definition) is 1. The van der Waals surface area contributed by atoms with E-state index in [1.165, 1.54) is 12.2 Å². The molecule has 6 nitrogen and oxygen atoms in total. The van der Waals surface area contributed by atoms with Crippen molar-refractivity contribution in [2.45, 2.75) is 58.1 Å². The molecule has 27 heavy (non-hydrogen) atoms. The highest BCUT2D eigenvalue weighted by Crippen LogP contribution is 2.39. The molecule has 1 fully saturated rings. The van der Waals surface area contributed by atoms with E-state index in [2.05, 4.69) is 4.98 Å². The van der Waals surface area contributed by atoms with Gasteiger partial charge in [0.15, 0.2) is 6.61 Å². The lowest BCUT2D eigenvalue weighted by Gasteiger charge is -2.08. The summed E-state index contributed by atoms with van der Waals surface area (Å²) in [5.41, 5.74) is 1.61. The molecule has 0 aliphatic carbocycles. The molecule has 2 heterocycles. The van der Waals surface area contributed by atoms with E-state index in [0.29, 0.717) is 23.1 Å². The molecule has 1 aliphatic heterocycles. The van der Waals surface area contributed by atoms with E-state index in [0.717, 1.165) is 19.3 Å². The fourth-order valence-corrected chi connectivity index (χ4v) is 6.11. The van der Waals surface area contributed by atoms with Crippen molar-refractivity contribution in [1.82, 2.24) is 4.98 Å². The minimum atomic E-state index is -0.544. The van der Waals surface area contributed by atoms with Crippen LogP contribution < -0.4 is 0 Å². The molecule has 0 radical (unpaired) electrons. The largest absolute Gasteiger partial charge is 0.462 e. The zero-order valence-corrected chi connectivity index (χ0v) is 17.7. The van der Waals surface area contributed by atoms with Gasteiger partial charge in [-0.25, -0.2) is 4.79 Å². The van der Waals surface area contributed by atoms with Gasteiger partial charge in [0.05, 0.1) is 17.7 Å². The number of nitrogens with one attached hydrogen (secondary N) is 1. The number of aromatic nitrogens is 1. The quantitative estimate of drug-likeness (QED) is 0.266. The average Bonchev–Trinajstić information content (AvgIpc) is 3.24. The summed E-state index contributed by atoms with van der Waals surface area (Å²) in [6.45, 7) is 5.00. The molecule has 8 heteroatoms. The van der Waals surface area contributed by atoms with Crippen LogP contribution in [0.5, 0.6) is 0 Å². The van der Waals surface area contributed by atoms with Crippen molar-refractivity contribution in [2.75, 3.05) is 19.0 Å². The molecule has 1 saturated heterocycles. The minimum Gasteiger partial charge on any atom is -0.462 e. The number of unbranched alkanes of at least 4 members (excludes halogenated alkanes) is 1. The van der Waals surface area contributed by atoms with E-state index in [1.807, 2.05) is 21.6 Å². The topological polar surface area (TPSA) is 85.5 Å². The number of H-pyrrole nitrogens is 1. The Kier molecular flexibility index (Phi) is 8.76. The second kappa shape index (κ2) is 10.8. The first kappa shape index (κ1) is 21.9. The molecular formula is C19H27NO5S2. The Hall–Kier alpha value is -1.41. The van der Waals surface area contributed by atoms with E-state index < -0.39 is 11.8 Å². The van der Waals surface area contributed by atoms with Gasteiger partial charge in [-0.15, -0.1) is 0 Å². The van der Waals surface area contributed by atoms with Gasteiger partial charge in [-0.05, 0) is 40.0 Å². The maximum Gasteiger partial charge on any atom is 0.340 e. The van der Waals surface area contributed by atoms with Gasteiger partial charge >= 0.3 is 11.9 Å². The highest BCUT2D eigenvalue weighted by atomic mass is 33.1. The molecule has 1 aliphatic rings. The predicted molar refractivity (Wildman–Crippen MR) is 108 cm³/mol. The molecule has 150 valence electrons. The molecule has 0 spiro atoms. The molecule has 2 rings (SSSR count). The van der Waals surface area contributed by atoms with Crippen LogP contribution in [0, 0.1) is 13.8 Å². The molecule has 0 amide bonds. The molecule has 1 aromatic rings. The zero-order valence-electron chi connectivity index (χ0n) is 16.1. The molecule has 1 atom stereocenters. The van der Waals surface area contributed by atoms with Crippen LogP contribution in [0.4, 0.5) is 0 Å². The third-order valence-corrected chi connectivity index (χ3v) is 7.39. The van der Waals surface area contributed by atoms with Gasteiger partial charge in [0.1, 0.15) is 0 Å². The minimum absolute atomic E-state index is 0.224. The van der Waals surface area contributed by atoms with Crippen molar-refractivity contribution in [3.63, 3.8) is 0 Å². The van der Waals surface area contributed by atoms with E-state index in [1.54, 1.807) is 20.8 Å². The van der Waals surface area contributed by atoms with Crippen LogP contribution in [0.2, 0.25) is 0 Å². The fourth-order valence-electron chi connectivity index (χ4n) is 3.08. The Morgan fingerprint density at radius 2 is 1.85 bits per heavy atom. The molecule has 0 bridgehead atoms. The Bertz CT molecular complexity index is 680. The second-order valence-corrected chi connectivity index (χ2v) is 9.29. The van der Waals surface area contributed by atoms with Crippen LogP contribution in [0.3, 0.4) is 0 Å². The lowest BCUT2D eigenvalue weighted by molar-refractivity contribution is -0.142. The number of aryl methyl sites for hydroxylation is 2. The van der Waals surface area contributed by atoms with Gasteiger partial charge in [-0.1, -0.05) is 28.0 Å². The van der Waals surface area contributed by atoms with Crippen LogP contribution in [-0.4, -0.2) is 46.9 Å². The van der Waals surface area contributed by atoms with E-state index in [-0.39, 0.29) is 30.3 Å². The van der Waals surface area contributed by atoms with E-state index in [9.17, 15) is 14.4 Å². The maximum absolute atomic E-state index is 12.5. The summed E-state index contributed by atoms with van der Waals surface area (Å²) >= 11 is 0. The molecular weight excluding hydrogens is 386 g/mol. The second-order valence-electron chi connectivity index (χ2n) is 6.50. The van der Waals surface area contributed by atoms with Crippen molar-refractivity contribution in [3.8, 4) is 0 Å². The SMILES string of the molecule is CCOC(=O)c1c(C)[nH]c(C)c1C(=O)COC(=O)CCCC[C@H]1CCSS1. The van der Waals surface area contributed by atoms with Gasteiger partial charge < -0.3 is 14.5 Å². The van der Waals surface area contributed by atoms with E-state index >= 15 is 0 Å². The van der Waals surface area contributed by atoms with Gasteiger partial charge in [0.25, 0.3) is 0 Å². The Morgan fingerprint density at radius 3 is 2.52 bits per heavy atom. The van der Waals surface area contributed by atoms with Gasteiger partial charge in [0, 0.05) is 28.8 Å². The summed E-state index contributed by atoms with van der Waals surface area (Å²) in [6.07, 6.45) is 4.43. The van der Waals surface area contributed by atoms with E-state index in [4.69, 9.17) is 9.47 Å². The number of hydrogen-bond acceptors (Lipinski definition) is 7. The smallest absolute Gasteiger partial charge is 0.340 e. The first-order chi connectivity index (χ1) is 12.9. The fraction of sp³-hybridized carbons (Fsp3) is 0.632. The number of ether oxygens (including phenoxy) is 2. The summed E-state index contributed by atoms with van der Waals surface area (Å²) in [6, 6.07) is 0. The molecule has 0 aromatic carbocycles. The zero-order chi connectivity index (χ0) is 19.8. The summed E-state index contributed by atoms with van der Waals surface area (Å²) < 4.78 is 10.1. The normalized spacial score (nSPS) is 16.3. The van der Waals surface area contributed by atoms with Crippen molar-refractivity contribution < 1.29 is 23.9 Å². The first-order valence-corrected chi connectivity index (χ1v) is 11.7. The van der Waals surface area contributed by atoms with Gasteiger partial charge in [-0.2, -0.15) is 0 Å². The Morgan fingerprint density at radius 1 is 1.11 bits per heavy atom. The van der Waals surface area contributed by atoms with Gasteiger partial charge in [0.2, 0.25) is 5.78 Å². The molecule has 0 saturated carbocycles. The number of carbonyl (C=O) groups excluding carboxylic acids is 3. The Labute approximate surface area is 167 Å². The van der Waals surface area contributed by atoms with Crippen LogP contribution in [-0.2, 0) is 14.3 Å². The van der Waals surface area contributed by atoms with Crippen LogP contribution >= 0.6 is 21.6 Å². The monoisotopic (exact) mass is 413 g/mol. The number of esters is 2. The van der Waals surface area contributed by atoms with Crippen LogP contribution in [0.1, 0.15) is 71.1 Å². The number of aromatic amines is 1.